The molecule has 0 amide bonds. The van der Waals surface area contributed by atoms with Gasteiger partial charge in [0.15, 0.2) is 23.3 Å². The van der Waals surface area contributed by atoms with Crippen molar-refractivity contribution in [1.82, 2.24) is 9.97 Å². The summed E-state index contributed by atoms with van der Waals surface area (Å²) in [5.74, 6) is -1.44. The zero-order valence-electron chi connectivity index (χ0n) is 15.2. The lowest BCUT2D eigenvalue weighted by molar-refractivity contribution is 0.397. The van der Waals surface area contributed by atoms with Gasteiger partial charge in [0.05, 0.1) is 0 Å². The molecule has 29 heavy (non-hydrogen) atoms. The summed E-state index contributed by atoms with van der Waals surface area (Å²) in [4.78, 5) is 5.92. The molecular weight excluding hydrogens is 368 g/mol. The van der Waals surface area contributed by atoms with Gasteiger partial charge in [-0.05, 0) is 18.2 Å². The van der Waals surface area contributed by atoms with E-state index in [1.807, 2.05) is 48.5 Å². The third-order valence-electron chi connectivity index (χ3n) is 5.39. The third-order valence-corrected chi connectivity index (χ3v) is 5.39. The SMILES string of the molecule is Oc1cccc(C(c2c(O)[nH]c3ccccc23)c2c(O)[nH]c3ccccc23)c1O. The minimum atomic E-state index is -0.741. The van der Waals surface area contributed by atoms with E-state index in [1.54, 1.807) is 12.1 Å². The molecule has 0 saturated carbocycles. The van der Waals surface area contributed by atoms with Crippen molar-refractivity contribution in [2.24, 2.45) is 0 Å². The Morgan fingerprint density at radius 1 is 0.586 bits per heavy atom. The van der Waals surface area contributed by atoms with Gasteiger partial charge in [0.25, 0.3) is 0 Å². The average Bonchev–Trinajstić information content (AvgIpc) is 3.22. The van der Waals surface area contributed by atoms with Gasteiger partial charge in [0.2, 0.25) is 0 Å². The molecule has 0 unspecified atom stereocenters. The number of phenols is 2. The quantitative estimate of drug-likeness (QED) is 0.253. The normalized spacial score (nSPS) is 11.6. The van der Waals surface area contributed by atoms with Crippen LogP contribution in [0.15, 0.2) is 66.7 Å². The lowest BCUT2D eigenvalue weighted by atomic mass is 9.83. The van der Waals surface area contributed by atoms with Crippen molar-refractivity contribution >= 4 is 21.8 Å². The fraction of sp³-hybridized carbons (Fsp3) is 0.0435. The van der Waals surface area contributed by atoms with E-state index in [2.05, 4.69) is 9.97 Å². The standard InChI is InChI=1S/C23H18N2O4/c26-17-11-5-8-14(21(17)27)18(19-12-6-1-3-9-15(12)24-22(19)28)20-13-7-2-4-10-16(13)25-23(20)29/h1-11,18,24-29H. The molecule has 0 radical (unpaired) electrons. The number of aromatic nitrogens is 2. The van der Waals surface area contributed by atoms with E-state index in [0.717, 1.165) is 21.8 Å². The van der Waals surface area contributed by atoms with Crippen LogP contribution in [0.1, 0.15) is 22.6 Å². The molecule has 0 spiro atoms. The van der Waals surface area contributed by atoms with E-state index >= 15 is 0 Å². The van der Waals surface area contributed by atoms with Gasteiger partial charge in [-0.15, -0.1) is 0 Å². The van der Waals surface area contributed by atoms with Crippen LogP contribution in [0.5, 0.6) is 23.3 Å². The zero-order valence-corrected chi connectivity index (χ0v) is 15.2. The third kappa shape index (κ3) is 2.50. The topological polar surface area (TPSA) is 113 Å². The molecule has 0 aliphatic rings. The number of hydrogen-bond acceptors (Lipinski definition) is 4. The molecule has 0 atom stereocenters. The van der Waals surface area contributed by atoms with E-state index in [0.29, 0.717) is 16.7 Å². The Kier molecular flexibility index (Phi) is 3.67. The molecule has 6 nitrogen and oxygen atoms in total. The van der Waals surface area contributed by atoms with Crippen LogP contribution in [-0.2, 0) is 0 Å². The molecule has 5 aromatic rings. The molecule has 0 bridgehead atoms. The summed E-state index contributed by atoms with van der Waals surface area (Å²) in [6.45, 7) is 0. The summed E-state index contributed by atoms with van der Waals surface area (Å²) in [5, 5.41) is 43.9. The number of nitrogens with one attached hydrogen (secondary N) is 2. The minimum absolute atomic E-state index is 0.0661. The smallest absolute Gasteiger partial charge is 0.193 e. The highest BCUT2D eigenvalue weighted by Gasteiger charge is 2.31. The van der Waals surface area contributed by atoms with Crippen molar-refractivity contribution in [2.75, 3.05) is 0 Å². The largest absolute Gasteiger partial charge is 0.504 e. The van der Waals surface area contributed by atoms with Crippen molar-refractivity contribution < 1.29 is 20.4 Å². The molecule has 5 rings (SSSR count). The summed E-state index contributed by atoms with van der Waals surface area (Å²) in [6.07, 6.45) is 0. The van der Waals surface area contributed by atoms with Crippen LogP contribution in [0, 0.1) is 0 Å². The molecule has 144 valence electrons. The number of para-hydroxylation sites is 3. The number of H-pyrrole nitrogens is 2. The molecule has 6 heteroatoms. The summed E-state index contributed by atoms with van der Waals surface area (Å²) in [7, 11) is 0. The highest BCUT2D eigenvalue weighted by atomic mass is 16.3. The van der Waals surface area contributed by atoms with Crippen LogP contribution < -0.4 is 0 Å². The lowest BCUT2D eigenvalue weighted by Gasteiger charge is -2.20. The van der Waals surface area contributed by atoms with Gasteiger partial charge in [0.1, 0.15) is 0 Å². The minimum Gasteiger partial charge on any atom is -0.504 e. The Bertz CT molecular complexity index is 1290. The van der Waals surface area contributed by atoms with Crippen LogP contribution in [0.4, 0.5) is 0 Å². The molecule has 0 aliphatic heterocycles. The van der Waals surface area contributed by atoms with Crippen molar-refractivity contribution in [3.63, 3.8) is 0 Å². The molecule has 2 heterocycles. The van der Waals surface area contributed by atoms with Gasteiger partial charge < -0.3 is 30.4 Å². The van der Waals surface area contributed by atoms with E-state index in [9.17, 15) is 20.4 Å². The molecule has 6 N–H and O–H groups in total. The second kappa shape index (κ2) is 6.24. The first-order valence-electron chi connectivity index (χ1n) is 9.16. The van der Waals surface area contributed by atoms with Gasteiger partial charge in [-0.1, -0.05) is 48.5 Å². The maximum atomic E-state index is 10.8. The van der Waals surface area contributed by atoms with Crippen LogP contribution in [0.3, 0.4) is 0 Å². The summed E-state index contributed by atoms with van der Waals surface area (Å²) < 4.78 is 0. The van der Waals surface area contributed by atoms with Crippen molar-refractivity contribution in [1.29, 1.82) is 0 Å². The van der Waals surface area contributed by atoms with Gasteiger partial charge >= 0.3 is 0 Å². The Hall–Kier alpha value is -4.06. The van der Waals surface area contributed by atoms with Crippen LogP contribution >= 0.6 is 0 Å². The maximum Gasteiger partial charge on any atom is 0.193 e. The second-order valence-corrected chi connectivity index (χ2v) is 7.01. The predicted molar refractivity (Wildman–Crippen MR) is 111 cm³/mol. The number of hydrogen-bond donors (Lipinski definition) is 6. The number of rotatable bonds is 3. The van der Waals surface area contributed by atoms with Gasteiger partial charge in [0, 0.05) is 44.4 Å². The summed E-state index contributed by atoms with van der Waals surface area (Å²) >= 11 is 0. The van der Waals surface area contributed by atoms with Gasteiger partial charge in [-0.3, -0.25) is 0 Å². The van der Waals surface area contributed by atoms with Gasteiger partial charge in [-0.25, -0.2) is 0 Å². The number of phenolic OH excluding ortho intramolecular Hbond substituents is 2. The molecule has 0 fully saturated rings. The molecule has 0 saturated heterocycles. The molecule has 2 aromatic heterocycles. The first-order chi connectivity index (χ1) is 14.1. The predicted octanol–water partition coefficient (Wildman–Crippen LogP) is 4.65. The maximum absolute atomic E-state index is 10.8. The molecular formula is C23H18N2O4. The molecule has 0 aliphatic carbocycles. The first kappa shape index (κ1) is 17.1. The van der Waals surface area contributed by atoms with E-state index in [4.69, 9.17) is 0 Å². The Labute approximate surface area is 165 Å². The summed E-state index contributed by atoms with van der Waals surface area (Å²) in [6, 6.07) is 19.5. The van der Waals surface area contributed by atoms with Crippen molar-refractivity contribution in [3.05, 3.63) is 83.4 Å². The average molecular weight is 386 g/mol. The monoisotopic (exact) mass is 386 g/mol. The van der Waals surface area contributed by atoms with E-state index < -0.39 is 5.92 Å². The Morgan fingerprint density at radius 2 is 1.10 bits per heavy atom. The van der Waals surface area contributed by atoms with Gasteiger partial charge in [-0.2, -0.15) is 0 Å². The highest BCUT2D eigenvalue weighted by molar-refractivity contribution is 5.92. The summed E-state index contributed by atoms with van der Waals surface area (Å²) in [5.41, 5.74) is 2.82. The fourth-order valence-electron chi connectivity index (χ4n) is 4.12. The molecule has 3 aromatic carbocycles. The van der Waals surface area contributed by atoms with Crippen LogP contribution in [0.2, 0.25) is 0 Å². The van der Waals surface area contributed by atoms with E-state index in [-0.39, 0.29) is 23.3 Å². The van der Waals surface area contributed by atoms with Crippen molar-refractivity contribution in [2.45, 2.75) is 5.92 Å². The number of fused-ring (bicyclic) bond motifs is 2. The zero-order chi connectivity index (χ0) is 20.1. The Balaban J connectivity index is 1.91. The van der Waals surface area contributed by atoms with Crippen LogP contribution in [0.25, 0.3) is 21.8 Å². The first-order valence-corrected chi connectivity index (χ1v) is 9.16. The van der Waals surface area contributed by atoms with Crippen molar-refractivity contribution in [3.8, 4) is 23.3 Å². The Morgan fingerprint density at radius 3 is 1.66 bits per heavy atom. The fourth-order valence-corrected chi connectivity index (χ4v) is 4.12. The highest BCUT2D eigenvalue weighted by Crippen LogP contribution is 2.49. The number of benzene rings is 3. The number of aromatic amines is 2. The van der Waals surface area contributed by atoms with Crippen LogP contribution in [-0.4, -0.2) is 30.4 Å². The lowest BCUT2D eigenvalue weighted by Crippen LogP contribution is -2.04. The second-order valence-electron chi connectivity index (χ2n) is 7.01. The van der Waals surface area contributed by atoms with E-state index in [1.165, 1.54) is 6.07 Å². The number of aromatic hydroxyl groups is 4.